The van der Waals surface area contributed by atoms with Gasteiger partial charge in [-0.3, -0.25) is 0 Å². The van der Waals surface area contributed by atoms with E-state index in [2.05, 4.69) is 4.90 Å². The Bertz CT molecular complexity index is 436. The molecule has 17 heavy (non-hydrogen) atoms. The van der Waals surface area contributed by atoms with Gasteiger partial charge in [0.15, 0.2) is 0 Å². The van der Waals surface area contributed by atoms with E-state index in [4.69, 9.17) is 5.73 Å². The summed E-state index contributed by atoms with van der Waals surface area (Å²) in [6.07, 6.45) is 5.18. The molecule has 0 radical (unpaired) electrons. The van der Waals surface area contributed by atoms with Gasteiger partial charge in [0.25, 0.3) is 0 Å². The maximum atomic E-state index is 13.4. The molecular formula is C14H19FN2. The van der Waals surface area contributed by atoms with E-state index >= 15 is 0 Å². The zero-order valence-corrected chi connectivity index (χ0v) is 10.2. The third kappa shape index (κ3) is 2.24. The van der Waals surface area contributed by atoms with Crippen LogP contribution in [0.1, 0.15) is 31.2 Å². The first-order chi connectivity index (χ1) is 8.15. The summed E-state index contributed by atoms with van der Waals surface area (Å²) in [4.78, 5) is 2.40. The smallest absolute Gasteiger partial charge is 0.128 e. The number of hydrogen-bond donors (Lipinski definition) is 1. The molecule has 0 bridgehead atoms. The van der Waals surface area contributed by atoms with Crippen molar-refractivity contribution in [2.45, 2.75) is 38.6 Å². The second-order valence-corrected chi connectivity index (χ2v) is 5.49. The third-order valence-corrected chi connectivity index (χ3v) is 3.76. The van der Waals surface area contributed by atoms with Crippen molar-refractivity contribution >= 4 is 11.4 Å². The van der Waals surface area contributed by atoms with Crippen LogP contribution in [0.4, 0.5) is 15.8 Å². The number of anilines is 2. The molecule has 2 saturated carbocycles. The third-order valence-electron chi connectivity index (χ3n) is 3.76. The van der Waals surface area contributed by atoms with Crippen LogP contribution in [-0.4, -0.2) is 12.6 Å². The molecule has 0 amide bonds. The molecule has 2 N–H and O–H groups in total. The monoisotopic (exact) mass is 234 g/mol. The zero-order valence-electron chi connectivity index (χ0n) is 10.2. The zero-order chi connectivity index (χ0) is 12.0. The predicted octanol–water partition coefficient (Wildman–Crippen LogP) is 3.10. The number of halogens is 1. The lowest BCUT2D eigenvalue weighted by Gasteiger charge is -2.26. The lowest BCUT2D eigenvalue weighted by Crippen LogP contribution is -2.29. The number of hydrogen-bond acceptors (Lipinski definition) is 2. The molecule has 0 saturated heterocycles. The van der Waals surface area contributed by atoms with Crippen LogP contribution in [0.25, 0.3) is 0 Å². The van der Waals surface area contributed by atoms with Crippen LogP contribution in [-0.2, 0) is 0 Å². The van der Waals surface area contributed by atoms with Gasteiger partial charge in [0, 0.05) is 12.6 Å². The highest BCUT2D eigenvalue weighted by Crippen LogP contribution is 2.40. The molecule has 2 fully saturated rings. The summed E-state index contributed by atoms with van der Waals surface area (Å²) in [6.45, 7) is 2.90. The van der Waals surface area contributed by atoms with Crippen LogP contribution >= 0.6 is 0 Å². The van der Waals surface area contributed by atoms with Gasteiger partial charge in [0.2, 0.25) is 0 Å². The summed E-state index contributed by atoms with van der Waals surface area (Å²) in [7, 11) is 0. The van der Waals surface area contributed by atoms with Crippen LogP contribution < -0.4 is 10.6 Å². The Balaban J connectivity index is 1.90. The first-order valence-electron chi connectivity index (χ1n) is 6.47. The quantitative estimate of drug-likeness (QED) is 0.811. The fourth-order valence-corrected chi connectivity index (χ4v) is 2.34. The van der Waals surface area contributed by atoms with E-state index in [0.717, 1.165) is 18.2 Å². The Kier molecular flexibility index (Phi) is 2.49. The normalized spacial score (nSPS) is 19.4. The maximum Gasteiger partial charge on any atom is 0.128 e. The Labute approximate surface area is 102 Å². The molecule has 0 spiro atoms. The summed E-state index contributed by atoms with van der Waals surface area (Å²) in [5.41, 5.74) is 8.29. The van der Waals surface area contributed by atoms with Crippen molar-refractivity contribution in [3.05, 3.63) is 23.5 Å². The van der Waals surface area contributed by atoms with Crippen molar-refractivity contribution < 1.29 is 4.39 Å². The van der Waals surface area contributed by atoms with Crippen LogP contribution in [0, 0.1) is 18.7 Å². The number of benzene rings is 1. The lowest BCUT2D eigenvalue weighted by atomic mass is 10.1. The molecule has 92 valence electrons. The SMILES string of the molecule is Cc1cc(N(CC2CC2)C2CC2)c(N)cc1F. The predicted molar refractivity (Wildman–Crippen MR) is 68.6 cm³/mol. The van der Waals surface area contributed by atoms with E-state index in [-0.39, 0.29) is 5.82 Å². The number of nitrogen functional groups attached to an aromatic ring is 1. The molecule has 0 aromatic heterocycles. The molecule has 0 heterocycles. The molecule has 0 unspecified atom stereocenters. The van der Waals surface area contributed by atoms with E-state index < -0.39 is 0 Å². The van der Waals surface area contributed by atoms with Gasteiger partial charge in [-0.25, -0.2) is 4.39 Å². The Morgan fingerprint density at radius 3 is 2.59 bits per heavy atom. The molecule has 0 aliphatic heterocycles. The van der Waals surface area contributed by atoms with E-state index in [9.17, 15) is 4.39 Å². The summed E-state index contributed by atoms with van der Waals surface area (Å²) < 4.78 is 13.4. The first kappa shape index (κ1) is 10.9. The summed E-state index contributed by atoms with van der Waals surface area (Å²) >= 11 is 0. The Hall–Kier alpha value is -1.25. The van der Waals surface area contributed by atoms with Gasteiger partial charge in [-0.2, -0.15) is 0 Å². The minimum atomic E-state index is -0.201. The van der Waals surface area contributed by atoms with Crippen molar-refractivity contribution in [3.63, 3.8) is 0 Å². The number of aryl methyl sites for hydroxylation is 1. The van der Waals surface area contributed by atoms with E-state index in [1.807, 2.05) is 6.07 Å². The number of nitrogens with two attached hydrogens (primary N) is 1. The van der Waals surface area contributed by atoms with Crippen LogP contribution in [0.5, 0.6) is 0 Å². The van der Waals surface area contributed by atoms with Crippen molar-refractivity contribution in [2.75, 3.05) is 17.2 Å². The molecule has 2 aliphatic rings. The van der Waals surface area contributed by atoms with Crippen LogP contribution in [0.3, 0.4) is 0 Å². The van der Waals surface area contributed by atoms with E-state index in [1.54, 1.807) is 6.92 Å². The fraction of sp³-hybridized carbons (Fsp3) is 0.571. The van der Waals surface area contributed by atoms with Crippen molar-refractivity contribution in [2.24, 2.45) is 5.92 Å². The molecule has 3 rings (SSSR count). The van der Waals surface area contributed by atoms with Gasteiger partial charge in [0.05, 0.1) is 11.4 Å². The highest BCUT2D eigenvalue weighted by molar-refractivity contribution is 5.69. The summed E-state index contributed by atoms with van der Waals surface area (Å²) in [5.74, 6) is 0.633. The number of rotatable bonds is 4. The van der Waals surface area contributed by atoms with Gasteiger partial charge < -0.3 is 10.6 Å². The molecule has 2 aliphatic carbocycles. The van der Waals surface area contributed by atoms with Crippen molar-refractivity contribution in [1.82, 2.24) is 0 Å². The molecule has 0 atom stereocenters. The minimum Gasteiger partial charge on any atom is -0.397 e. The van der Waals surface area contributed by atoms with E-state index in [1.165, 1.54) is 31.7 Å². The number of nitrogens with zero attached hydrogens (tertiary/aromatic N) is 1. The lowest BCUT2D eigenvalue weighted by molar-refractivity contribution is 0.618. The highest BCUT2D eigenvalue weighted by atomic mass is 19.1. The topological polar surface area (TPSA) is 29.3 Å². The van der Waals surface area contributed by atoms with Gasteiger partial charge in [-0.15, -0.1) is 0 Å². The molecule has 2 nitrogen and oxygen atoms in total. The molecule has 1 aromatic rings. The Morgan fingerprint density at radius 1 is 1.29 bits per heavy atom. The highest BCUT2D eigenvalue weighted by Gasteiger charge is 2.34. The second kappa shape index (κ2) is 3.90. The van der Waals surface area contributed by atoms with Gasteiger partial charge in [0.1, 0.15) is 5.82 Å². The van der Waals surface area contributed by atoms with Crippen molar-refractivity contribution in [3.8, 4) is 0 Å². The maximum absolute atomic E-state index is 13.4. The minimum absolute atomic E-state index is 0.201. The van der Waals surface area contributed by atoms with Gasteiger partial charge in [-0.1, -0.05) is 0 Å². The van der Waals surface area contributed by atoms with Gasteiger partial charge in [-0.05, 0) is 56.2 Å². The van der Waals surface area contributed by atoms with Crippen LogP contribution in [0.15, 0.2) is 12.1 Å². The van der Waals surface area contributed by atoms with Gasteiger partial charge >= 0.3 is 0 Å². The summed E-state index contributed by atoms with van der Waals surface area (Å²) in [5, 5.41) is 0. The average molecular weight is 234 g/mol. The molecule has 1 aromatic carbocycles. The van der Waals surface area contributed by atoms with Crippen molar-refractivity contribution in [1.29, 1.82) is 0 Å². The second-order valence-electron chi connectivity index (χ2n) is 5.49. The Morgan fingerprint density at radius 2 is 2.00 bits per heavy atom. The van der Waals surface area contributed by atoms with Crippen LogP contribution in [0.2, 0.25) is 0 Å². The average Bonchev–Trinajstić information content (AvgIpc) is 3.14. The standard InChI is InChI=1S/C14H19FN2/c1-9-6-14(13(16)7-12(9)15)17(11-4-5-11)8-10-2-3-10/h6-7,10-11H,2-5,8,16H2,1H3. The fourth-order valence-electron chi connectivity index (χ4n) is 2.34. The summed E-state index contributed by atoms with van der Waals surface area (Å²) in [6, 6.07) is 4.01. The first-order valence-corrected chi connectivity index (χ1v) is 6.47. The largest absolute Gasteiger partial charge is 0.397 e. The van der Waals surface area contributed by atoms with E-state index in [0.29, 0.717) is 17.3 Å². The molecule has 3 heteroatoms. The molecular weight excluding hydrogens is 215 g/mol.